The minimum atomic E-state index is -0.867. The van der Waals surface area contributed by atoms with Crippen LogP contribution in [0.4, 0.5) is 0 Å². The molecule has 0 saturated carbocycles. The fourth-order valence-electron chi connectivity index (χ4n) is 4.16. The van der Waals surface area contributed by atoms with E-state index in [4.69, 9.17) is 9.47 Å². The summed E-state index contributed by atoms with van der Waals surface area (Å²) in [6.07, 6.45) is 4.12. The molecule has 2 aliphatic heterocycles. The first-order valence-corrected chi connectivity index (χ1v) is 11.0. The van der Waals surface area contributed by atoms with Gasteiger partial charge in [-0.05, 0) is 70.4 Å². The molecule has 3 unspecified atom stereocenters. The molecule has 2 aliphatic rings. The third kappa shape index (κ3) is 5.41. The molecule has 2 N–H and O–H groups in total. The third-order valence-corrected chi connectivity index (χ3v) is 6.90. The average molecular weight is 409 g/mol. The molecular weight excluding hydrogens is 376 g/mol. The first-order valence-electron chi connectivity index (χ1n) is 10.1. The van der Waals surface area contributed by atoms with Crippen LogP contribution in [0.15, 0.2) is 29.2 Å². The molecule has 1 aromatic rings. The number of likely N-dealkylation sites (N-methyl/N-ethyl adjacent to an activating group) is 1. The number of nitrogens with zero attached hydrogens (tertiary/aromatic N) is 1. The number of hydrogen-bond acceptors (Lipinski definition) is 6. The Balaban J connectivity index is 1.51. The Labute approximate surface area is 172 Å². The quantitative estimate of drug-likeness (QED) is 0.651. The van der Waals surface area contributed by atoms with Gasteiger partial charge >= 0.3 is 5.97 Å². The number of aliphatic carboxylic acids is 1. The van der Waals surface area contributed by atoms with Gasteiger partial charge in [-0.15, -0.1) is 0 Å². The number of likely N-dealkylation sites (tertiary alicyclic amines) is 1. The molecule has 5 atom stereocenters. The van der Waals surface area contributed by atoms with E-state index < -0.39 is 12.0 Å². The van der Waals surface area contributed by atoms with Crippen LogP contribution in [-0.2, 0) is 9.53 Å². The van der Waals surface area contributed by atoms with Gasteiger partial charge in [0.2, 0.25) is 0 Å². The highest BCUT2D eigenvalue weighted by molar-refractivity contribution is 7.99. The number of carboxylic acids is 1. The maximum absolute atomic E-state index is 11.4. The molecule has 0 bridgehead atoms. The van der Waals surface area contributed by atoms with Gasteiger partial charge in [-0.1, -0.05) is 24.8 Å². The predicted octanol–water partition coefficient (Wildman–Crippen LogP) is 3.07. The van der Waals surface area contributed by atoms with E-state index in [-0.39, 0.29) is 17.5 Å². The second-order valence-corrected chi connectivity index (χ2v) is 9.09. The second kappa shape index (κ2) is 9.96. The molecule has 0 aliphatic carbocycles. The predicted molar refractivity (Wildman–Crippen MR) is 111 cm³/mol. The fraction of sp³-hybridized carbons (Fsp3) is 0.667. The lowest BCUT2D eigenvalue weighted by Gasteiger charge is -2.22. The van der Waals surface area contributed by atoms with E-state index in [1.807, 2.05) is 12.1 Å². The van der Waals surface area contributed by atoms with Crippen molar-refractivity contribution < 1.29 is 19.4 Å². The Morgan fingerprint density at radius 2 is 2.32 bits per heavy atom. The maximum Gasteiger partial charge on any atom is 0.323 e. The molecule has 7 heteroatoms. The van der Waals surface area contributed by atoms with Gasteiger partial charge in [0, 0.05) is 10.9 Å². The lowest BCUT2D eigenvalue weighted by atomic mass is 9.98. The van der Waals surface area contributed by atoms with Gasteiger partial charge in [-0.2, -0.15) is 0 Å². The number of ether oxygens (including phenoxy) is 2. The molecule has 2 heterocycles. The van der Waals surface area contributed by atoms with E-state index in [9.17, 15) is 9.90 Å². The second-order valence-electron chi connectivity index (χ2n) is 7.85. The Morgan fingerprint density at radius 3 is 3.00 bits per heavy atom. The van der Waals surface area contributed by atoms with Gasteiger partial charge in [0.15, 0.2) is 0 Å². The molecule has 2 fully saturated rings. The molecule has 0 spiro atoms. The highest BCUT2D eigenvalue weighted by Gasteiger charge is 2.40. The Morgan fingerprint density at radius 1 is 1.50 bits per heavy atom. The van der Waals surface area contributed by atoms with E-state index in [0.717, 1.165) is 30.1 Å². The largest absolute Gasteiger partial charge is 0.493 e. The topological polar surface area (TPSA) is 71.0 Å². The number of rotatable bonds is 9. The molecule has 0 aromatic heterocycles. The normalized spacial score (nSPS) is 29.1. The number of hydrogen-bond donors (Lipinski definition) is 2. The summed E-state index contributed by atoms with van der Waals surface area (Å²) in [5.74, 6) is 0.203. The van der Waals surface area contributed by atoms with Gasteiger partial charge in [-0.25, -0.2) is 0 Å². The molecule has 1 aromatic carbocycles. The standard InChI is InChI=1S/C21H32N2O4S/c1-14-12-18(27-20(14)19(22-2)21(24)25)28-17-8-4-7-16(13-17)26-11-9-15-6-5-10-23(15)3/h4,7-8,13-15,18-20,22H,5-6,9-12H2,1-3H3,(H,24,25)/t14-,15?,18?,19?,20-/m1/s1. The summed E-state index contributed by atoms with van der Waals surface area (Å²) in [4.78, 5) is 14.9. The van der Waals surface area contributed by atoms with Crippen LogP contribution in [0, 0.1) is 5.92 Å². The zero-order valence-corrected chi connectivity index (χ0v) is 17.8. The van der Waals surface area contributed by atoms with Crippen LogP contribution < -0.4 is 10.1 Å². The van der Waals surface area contributed by atoms with Crippen LogP contribution in [0.3, 0.4) is 0 Å². The summed E-state index contributed by atoms with van der Waals surface area (Å²) in [5, 5.41) is 12.2. The minimum Gasteiger partial charge on any atom is -0.493 e. The lowest BCUT2D eigenvalue weighted by molar-refractivity contribution is -0.143. The smallest absolute Gasteiger partial charge is 0.323 e. The Kier molecular flexibility index (Phi) is 7.62. The van der Waals surface area contributed by atoms with Crippen LogP contribution in [-0.4, -0.2) is 66.8 Å². The fourth-order valence-corrected chi connectivity index (χ4v) is 5.39. The highest BCUT2D eigenvalue weighted by Crippen LogP contribution is 2.38. The zero-order valence-electron chi connectivity index (χ0n) is 17.0. The molecule has 0 radical (unpaired) electrons. The number of thioether (sulfide) groups is 1. The Hall–Kier alpha value is -1.28. The van der Waals surface area contributed by atoms with Crippen molar-refractivity contribution in [3.8, 4) is 5.75 Å². The van der Waals surface area contributed by atoms with Crippen molar-refractivity contribution in [3.05, 3.63) is 24.3 Å². The zero-order chi connectivity index (χ0) is 20.1. The van der Waals surface area contributed by atoms with Gasteiger partial charge in [0.05, 0.1) is 12.7 Å². The van der Waals surface area contributed by atoms with Crippen molar-refractivity contribution in [2.24, 2.45) is 5.92 Å². The van der Waals surface area contributed by atoms with Crippen LogP contribution >= 0.6 is 11.8 Å². The first-order chi connectivity index (χ1) is 13.5. The van der Waals surface area contributed by atoms with E-state index >= 15 is 0 Å². The highest BCUT2D eigenvalue weighted by atomic mass is 32.2. The van der Waals surface area contributed by atoms with Crippen LogP contribution in [0.1, 0.15) is 32.6 Å². The summed E-state index contributed by atoms with van der Waals surface area (Å²) in [5.41, 5.74) is -0.0439. The summed E-state index contributed by atoms with van der Waals surface area (Å²) < 4.78 is 12.0. The number of carbonyl (C=O) groups is 1. The minimum absolute atomic E-state index is 0.0439. The van der Waals surface area contributed by atoms with Crippen molar-refractivity contribution >= 4 is 17.7 Å². The average Bonchev–Trinajstić information content (AvgIpc) is 3.21. The first kappa shape index (κ1) is 21.4. The van der Waals surface area contributed by atoms with Crippen molar-refractivity contribution in [3.63, 3.8) is 0 Å². The van der Waals surface area contributed by atoms with E-state index in [0.29, 0.717) is 6.04 Å². The number of benzene rings is 1. The number of carboxylic acid groups (broad SMARTS) is 1. The summed E-state index contributed by atoms with van der Waals surface area (Å²) in [7, 11) is 3.85. The van der Waals surface area contributed by atoms with Crippen molar-refractivity contribution in [1.29, 1.82) is 0 Å². The van der Waals surface area contributed by atoms with Crippen molar-refractivity contribution in [2.75, 3.05) is 27.2 Å². The SMILES string of the molecule is CNC(C(=O)O)[C@@H]1OC(Sc2cccc(OCCC3CCCN3C)c2)C[C@H]1C. The summed E-state index contributed by atoms with van der Waals surface area (Å²) >= 11 is 1.64. The van der Waals surface area contributed by atoms with Gasteiger partial charge in [0.1, 0.15) is 17.2 Å². The van der Waals surface area contributed by atoms with Crippen LogP contribution in [0.5, 0.6) is 5.75 Å². The number of nitrogens with one attached hydrogen (secondary N) is 1. The molecule has 3 rings (SSSR count). The lowest BCUT2D eigenvalue weighted by Crippen LogP contribution is -2.46. The van der Waals surface area contributed by atoms with E-state index in [2.05, 4.69) is 36.3 Å². The molecule has 156 valence electrons. The summed E-state index contributed by atoms with van der Waals surface area (Å²) in [6, 6.07) is 8.06. The van der Waals surface area contributed by atoms with Gasteiger partial charge in [0.25, 0.3) is 0 Å². The Bertz CT molecular complexity index is 659. The van der Waals surface area contributed by atoms with Gasteiger partial charge in [-0.3, -0.25) is 4.79 Å². The molecule has 0 amide bonds. The molecular formula is C21H32N2O4S. The monoisotopic (exact) mass is 408 g/mol. The van der Waals surface area contributed by atoms with Crippen LogP contribution in [0.2, 0.25) is 0 Å². The maximum atomic E-state index is 11.4. The van der Waals surface area contributed by atoms with Crippen molar-refractivity contribution in [1.82, 2.24) is 10.2 Å². The van der Waals surface area contributed by atoms with Crippen LogP contribution in [0.25, 0.3) is 0 Å². The third-order valence-electron chi connectivity index (χ3n) is 5.80. The molecule has 6 nitrogen and oxygen atoms in total. The van der Waals surface area contributed by atoms with E-state index in [1.165, 1.54) is 19.4 Å². The van der Waals surface area contributed by atoms with Gasteiger partial charge < -0.3 is 24.8 Å². The molecule has 28 heavy (non-hydrogen) atoms. The summed E-state index contributed by atoms with van der Waals surface area (Å²) in [6.45, 7) is 3.97. The van der Waals surface area contributed by atoms with E-state index in [1.54, 1.807) is 18.8 Å². The molecule has 2 saturated heterocycles. The van der Waals surface area contributed by atoms with Crippen molar-refractivity contribution in [2.45, 2.75) is 61.1 Å².